The van der Waals surface area contributed by atoms with Gasteiger partial charge in [-0.05, 0) is 60.0 Å². The maximum atomic E-state index is 13.8. The lowest BCUT2D eigenvalue weighted by Crippen LogP contribution is -2.36. The summed E-state index contributed by atoms with van der Waals surface area (Å²) in [5, 5.41) is 0.445. The Bertz CT molecular complexity index is 1360. The van der Waals surface area contributed by atoms with Gasteiger partial charge in [-0.1, -0.05) is 35.9 Å². The van der Waals surface area contributed by atoms with Crippen molar-refractivity contribution in [3.05, 3.63) is 94.3 Å². The fourth-order valence-electron chi connectivity index (χ4n) is 3.59. The second-order valence-electron chi connectivity index (χ2n) is 7.48. The minimum absolute atomic E-state index is 0.0678. The number of sulfonamides is 2. The number of nitrogens with zero attached hydrogens (tertiary/aromatic N) is 1. The summed E-state index contributed by atoms with van der Waals surface area (Å²) in [6.45, 7) is 0.430. The first kappa shape index (κ1) is 22.7. The van der Waals surface area contributed by atoms with Crippen LogP contribution in [-0.2, 0) is 38.8 Å². The Labute approximate surface area is 191 Å². The lowest BCUT2D eigenvalue weighted by molar-refractivity contribution is 0.391. The standard InChI is InChI=1S/C22H20ClFN2O4S2/c23-19-6-9-21(10-7-19)32(29,30)26-12-11-16-5-8-20(13-18(16)14-26)25-31(27,28)15-17-3-1-2-4-22(17)24/h1-10,13,25H,11-12,14-15H2. The van der Waals surface area contributed by atoms with E-state index in [4.69, 9.17) is 11.6 Å². The smallest absolute Gasteiger partial charge is 0.243 e. The Morgan fingerprint density at radius 3 is 2.38 bits per heavy atom. The maximum Gasteiger partial charge on any atom is 0.243 e. The van der Waals surface area contributed by atoms with Crippen molar-refractivity contribution in [2.24, 2.45) is 0 Å². The number of anilines is 1. The molecule has 0 saturated carbocycles. The number of fused-ring (bicyclic) bond motifs is 1. The number of hydrogen-bond acceptors (Lipinski definition) is 4. The summed E-state index contributed by atoms with van der Waals surface area (Å²) in [7, 11) is -7.58. The second-order valence-corrected chi connectivity index (χ2v) is 11.6. The zero-order valence-corrected chi connectivity index (χ0v) is 19.2. The molecule has 1 aliphatic rings. The van der Waals surface area contributed by atoms with Crippen LogP contribution in [0.15, 0.2) is 71.6 Å². The third-order valence-electron chi connectivity index (χ3n) is 5.21. The van der Waals surface area contributed by atoms with Crippen LogP contribution in [0, 0.1) is 5.82 Å². The minimum Gasteiger partial charge on any atom is -0.283 e. The second kappa shape index (κ2) is 8.82. The van der Waals surface area contributed by atoms with Crippen molar-refractivity contribution in [1.29, 1.82) is 0 Å². The predicted molar refractivity (Wildman–Crippen MR) is 122 cm³/mol. The van der Waals surface area contributed by atoms with Gasteiger partial charge in [0, 0.05) is 29.4 Å². The number of halogens is 2. The molecule has 0 aliphatic carbocycles. The van der Waals surface area contributed by atoms with Crippen molar-refractivity contribution in [2.75, 3.05) is 11.3 Å². The van der Waals surface area contributed by atoms with Gasteiger partial charge in [-0.3, -0.25) is 4.72 Å². The van der Waals surface area contributed by atoms with E-state index in [9.17, 15) is 21.2 Å². The van der Waals surface area contributed by atoms with E-state index in [-0.39, 0.29) is 17.0 Å². The molecule has 0 atom stereocenters. The first-order valence-corrected chi connectivity index (χ1v) is 13.2. The van der Waals surface area contributed by atoms with E-state index >= 15 is 0 Å². The molecule has 1 heterocycles. The number of benzene rings is 3. The van der Waals surface area contributed by atoms with E-state index in [1.807, 2.05) is 0 Å². The van der Waals surface area contributed by atoms with E-state index in [1.165, 1.54) is 46.8 Å². The van der Waals surface area contributed by atoms with Crippen molar-refractivity contribution in [2.45, 2.75) is 23.6 Å². The van der Waals surface area contributed by atoms with Gasteiger partial charge in [0.25, 0.3) is 0 Å². The molecule has 0 amide bonds. The van der Waals surface area contributed by atoms with Gasteiger partial charge in [-0.15, -0.1) is 0 Å². The Morgan fingerprint density at radius 2 is 1.66 bits per heavy atom. The van der Waals surface area contributed by atoms with Crippen molar-refractivity contribution in [3.63, 3.8) is 0 Å². The van der Waals surface area contributed by atoms with Crippen LogP contribution in [0.4, 0.5) is 10.1 Å². The lowest BCUT2D eigenvalue weighted by atomic mass is 10.0. The van der Waals surface area contributed by atoms with Crippen LogP contribution in [0.3, 0.4) is 0 Å². The molecule has 0 radical (unpaired) electrons. The van der Waals surface area contributed by atoms with Gasteiger partial charge in [0.1, 0.15) is 5.82 Å². The van der Waals surface area contributed by atoms with Crippen LogP contribution in [0.1, 0.15) is 16.7 Å². The molecule has 4 rings (SSSR count). The van der Waals surface area contributed by atoms with Gasteiger partial charge < -0.3 is 0 Å². The molecule has 0 fully saturated rings. The van der Waals surface area contributed by atoms with Gasteiger partial charge in [-0.25, -0.2) is 21.2 Å². The molecule has 1 N–H and O–H groups in total. The summed E-state index contributed by atoms with van der Waals surface area (Å²) in [6.07, 6.45) is 0.504. The Morgan fingerprint density at radius 1 is 0.938 bits per heavy atom. The fraction of sp³-hybridized carbons (Fsp3) is 0.182. The van der Waals surface area contributed by atoms with E-state index in [2.05, 4.69) is 4.72 Å². The van der Waals surface area contributed by atoms with E-state index in [1.54, 1.807) is 24.3 Å². The van der Waals surface area contributed by atoms with Crippen LogP contribution in [0.5, 0.6) is 0 Å². The number of nitrogens with one attached hydrogen (secondary N) is 1. The van der Waals surface area contributed by atoms with Crippen molar-refractivity contribution < 1.29 is 21.2 Å². The number of rotatable bonds is 6. The third kappa shape index (κ3) is 4.96. The van der Waals surface area contributed by atoms with E-state index < -0.39 is 31.6 Å². The first-order chi connectivity index (χ1) is 15.1. The van der Waals surface area contributed by atoms with Gasteiger partial charge in [0.15, 0.2) is 0 Å². The van der Waals surface area contributed by atoms with E-state index in [0.717, 1.165) is 5.56 Å². The average molecular weight is 495 g/mol. The van der Waals surface area contributed by atoms with Gasteiger partial charge >= 0.3 is 0 Å². The van der Waals surface area contributed by atoms with Crippen LogP contribution in [-0.4, -0.2) is 27.7 Å². The molecular weight excluding hydrogens is 475 g/mol. The molecule has 0 aromatic heterocycles. The molecule has 0 spiro atoms. The van der Waals surface area contributed by atoms with Crippen LogP contribution in [0.25, 0.3) is 0 Å². The molecule has 32 heavy (non-hydrogen) atoms. The monoisotopic (exact) mass is 494 g/mol. The van der Waals surface area contributed by atoms with Crippen molar-refractivity contribution in [3.8, 4) is 0 Å². The first-order valence-electron chi connectivity index (χ1n) is 9.75. The molecule has 0 saturated heterocycles. The minimum atomic E-state index is -3.86. The molecule has 168 valence electrons. The molecule has 1 aliphatic heterocycles. The Kier molecular flexibility index (Phi) is 6.26. The molecule has 10 heteroatoms. The van der Waals surface area contributed by atoms with Crippen LogP contribution in [0.2, 0.25) is 5.02 Å². The van der Waals surface area contributed by atoms with E-state index in [0.29, 0.717) is 29.2 Å². The molecular formula is C22H20ClFN2O4S2. The maximum absolute atomic E-state index is 13.8. The summed E-state index contributed by atoms with van der Waals surface area (Å²) in [5.41, 5.74) is 2.02. The SMILES string of the molecule is O=S(=O)(Cc1ccccc1F)Nc1ccc2c(c1)CN(S(=O)(=O)c1ccc(Cl)cc1)CC2. The van der Waals surface area contributed by atoms with Crippen molar-refractivity contribution >= 4 is 37.3 Å². The topological polar surface area (TPSA) is 83.6 Å². The molecule has 0 unspecified atom stereocenters. The fourth-order valence-corrected chi connectivity index (χ4v) is 6.34. The molecule has 6 nitrogen and oxygen atoms in total. The van der Waals surface area contributed by atoms with Gasteiger partial charge in [0.05, 0.1) is 10.6 Å². The largest absolute Gasteiger partial charge is 0.283 e. The zero-order chi connectivity index (χ0) is 22.9. The highest BCUT2D eigenvalue weighted by molar-refractivity contribution is 7.91. The van der Waals surface area contributed by atoms with Gasteiger partial charge in [-0.2, -0.15) is 4.31 Å². The molecule has 0 bridgehead atoms. The Hall–Kier alpha value is -2.46. The summed E-state index contributed by atoms with van der Waals surface area (Å²) >= 11 is 5.86. The number of hydrogen-bond donors (Lipinski definition) is 1. The predicted octanol–water partition coefficient (Wildman–Crippen LogP) is 4.17. The van der Waals surface area contributed by atoms with Crippen LogP contribution < -0.4 is 4.72 Å². The summed E-state index contributed by atoms with van der Waals surface area (Å²) in [4.78, 5) is 0.145. The third-order valence-corrected chi connectivity index (χ3v) is 8.56. The average Bonchev–Trinajstić information content (AvgIpc) is 2.75. The highest BCUT2D eigenvalue weighted by atomic mass is 35.5. The quantitative estimate of drug-likeness (QED) is 0.557. The van der Waals surface area contributed by atoms with Crippen LogP contribution >= 0.6 is 11.6 Å². The normalized spacial score (nSPS) is 14.7. The summed E-state index contributed by atoms with van der Waals surface area (Å²) in [6, 6.07) is 16.7. The lowest BCUT2D eigenvalue weighted by Gasteiger charge is -2.28. The van der Waals surface area contributed by atoms with Crippen molar-refractivity contribution in [1.82, 2.24) is 4.31 Å². The highest BCUT2D eigenvalue weighted by Gasteiger charge is 2.28. The Balaban J connectivity index is 1.54. The highest BCUT2D eigenvalue weighted by Crippen LogP contribution is 2.28. The molecule has 3 aromatic carbocycles. The summed E-state index contributed by atoms with van der Waals surface area (Å²) < 4.78 is 68.7. The van der Waals surface area contributed by atoms with Gasteiger partial charge in [0.2, 0.25) is 20.0 Å². The zero-order valence-electron chi connectivity index (χ0n) is 16.8. The molecule has 3 aromatic rings. The summed E-state index contributed by atoms with van der Waals surface area (Å²) in [5.74, 6) is -1.10.